The summed E-state index contributed by atoms with van der Waals surface area (Å²) in [5, 5.41) is 14.7. The first-order chi connectivity index (χ1) is 23.1. The van der Waals surface area contributed by atoms with Crippen molar-refractivity contribution in [2.24, 2.45) is 5.73 Å². The van der Waals surface area contributed by atoms with Gasteiger partial charge in [-0.15, -0.1) is 0 Å². The van der Waals surface area contributed by atoms with Gasteiger partial charge in [-0.1, -0.05) is 36.4 Å². The van der Waals surface area contributed by atoms with Crippen LogP contribution in [0.15, 0.2) is 66.9 Å². The molecule has 3 amide bonds. The quantitative estimate of drug-likeness (QED) is 0.189. The zero-order chi connectivity index (χ0) is 36.0. The van der Waals surface area contributed by atoms with E-state index in [1.54, 1.807) is 65.9 Å². The second-order valence-corrected chi connectivity index (χ2v) is 12.9. The minimum absolute atomic E-state index is 0. The number of primary amides is 1. The number of carbonyl (C=O) groups excluding carboxylic acids is 4. The van der Waals surface area contributed by atoms with Crippen molar-refractivity contribution in [3.05, 3.63) is 106 Å². The van der Waals surface area contributed by atoms with E-state index in [1.807, 2.05) is 30.3 Å². The van der Waals surface area contributed by atoms with E-state index >= 15 is 0 Å². The Hall–Kier alpha value is -5.05. The number of nitrogens with zero attached hydrogens (tertiary/aromatic N) is 2. The summed E-state index contributed by atoms with van der Waals surface area (Å²) in [4.78, 5) is 61.3. The Bertz CT molecular complexity index is 1830. The van der Waals surface area contributed by atoms with Crippen LogP contribution in [0, 0.1) is 13.8 Å². The molecule has 0 fully saturated rings. The normalized spacial score (nSPS) is 12.2. The molecule has 4 N–H and O–H groups in total. The van der Waals surface area contributed by atoms with E-state index < -0.39 is 41.6 Å². The van der Waals surface area contributed by atoms with Crippen LogP contribution in [0.1, 0.15) is 82.5 Å². The molecule has 1 aromatic heterocycles. The molecule has 0 saturated heterocycles. The standard InChI is InChI=1S/C37H43N5O7.Li/c1-21-15-26(32(38)43)16-22(2)27(21)18-29(41-36(47)49-37(4,5)6)34(44)42(20-24-13-14-31(48-7)28(17-24)35(45)46)23(3)33-39-19-30(40-33)25-11-9-8-10-12-25;/h8-17,19,23,29H,18,20H2,1-7H3,(H2,38,43)(H,39,40)(H,41,47)(H,45,46);/q;+1/p-1. The minimum atomic E-state index is -1.43. The Morgan fingerprint density at radius 2 is 1.66 bits per heavy atom. The first-order valence-corrected chi connectivity index (χ1v) is 15.8. The number of carboxylic acid groups (broad SMARTS) is 1. The fourth-order valence-electron chi connectivity index (χ4n) is 5.58. The predicted octanol–water partition coefficient (Wildman–Crippen LogP) is 1.39. The number of benzene rings is 3. The van der Waals surface area contributed by atoms with E-state index in [4.69, 9.17) is 20.2 Å². The fourth-order valence-corrected chi connectivity index (χ4v) is 5.58. The molecule has 50 heavy (non-hydrogen) atoms. The zero-order valence-corrected chi connectivity index (χ0v) is 29.7. The van der Waals surface area contributed by atoms with Crippen LogP contribution in [0.25, 0.3) is 11.3 Å². The summed E-state index contributed by atoms with van der Waals surface area (Å²) in [5.74, 6) is -1.92. The van der Waals surface area contributed by atoms with E-state index in [0.29, 0.717) is 33.8 Å². The summed E-state index contributed by atoms with van der Waals surface area (Å²) in [6.07, 6.45) is 1.00. The van der Waals surface area contributed by atoms with Crippen LogP contribution in [0.5, 0.6) is 5.75 Å². The van der Waals surface area contributed by atoms with Crippen molar-refractivity contribution in [1.29, 1.82) is 0 Å². The number of hydrogen-bond donors (Lipinski definition) is 3. The number of ether oxygens (including phenoxy) is 2. The number of alkyl carbamates (subject to hydrolysis) is 1. The molecular weight excluding hydrogens is 633 g/mol. The van der Waals surface area contributed by atoms with Crippen LogP contribution >= 0.6 is 0 Å². The van der Waals surface area contributed by atoms with E-state index in [9.17, 15) is 24.3 Å². The van der Waals surface area contributed by atoms with Gasteiger partial charge in [-0.2, -0.15) is 0 Å². The molecule has 3 aromatic carbocycles. The van der Waals surface area contributed by atoms with Crippen molar-refractivity contribution in [1.82, 2.24) is 20.2 Å². The average molecular weight is 676 g/mol. The molecule has 0 spiro atoms. The number of nitrogens with one attached hydrogen (secondary N) is 2. The number of carboxylic acids is 1. The molecular formula is C37H42LiN5O7. The van der Waals surface area contributed by atoms with Crippen molar-refractivity contribution in [2.45, 2.75) is 72.2 Å². The van der Waals surface area contributed by atoms with Gasteiger partial charge in [0.05, 0.1) is 24.8 Å². The summed E-state index contributed by atoms with van der Waals surface area (Å²) < 4.78 is 10.7. The number of amides is 3. The van der Waals surface area contributed by atoms with Gasteiger partial charge < -0.3 is 40.3 Å². The first kappa shape index (κ1) is 39.4. The molecule has 4 rings (SSSR count). The number of hydrogen-bond acceptors (Lipinski definition) is 8. The van der Waals surface area contributed by atoms with Crippen molar-refractivity contribution in [2.75, 3.05) is 7.11 Å². The molecule has 12 nitrogen and oxygen atoms in total. The van der Waals surface area contributed by atoms with Crippen molar-refractivity contribution in [3.63, 3.8) is 0 Å². The van der Waals surface area contributed by atoms with Gasteiger partial charge in [0.2, 0.25) is 11.8 Å². The number of imidazole rings is 1. The Balaban J connectivity index is 0.00000676. The summed E-state index contributed by atoms with van der Waals surface area (Å²) in [5.41, 5.74) is 9.03. The summed E-state index contributed by atoms with van der Waals surface area (Å²) in [6.45, 7) is 10.5. The molecule has 0 aliphatic heterocycles. The van der Waals surface area contributed by atoms with Crippen molar-refractivity contribution < 1.29 is 52.6 Å². The SMILES string of the molecule is COc1ccc(CN(C(=O)C(Cc2c(C)cc(C(N)=O)cc2C)NC(=O)OC(C)(C)C)C(C)c2nc(-c3ccccc3)c[nH]2)cc1C(=O)[O-].[Li+]. The van der Waals surface area contributed by atoms with E-state index in [1.165, 1.54) is 24.1 Å². The molecule has 0 saturated carbocycles. The molecule has 0 aliphatic carbocycles. The van der Waals surface area contributed by atoms with Gasteiger partial charge in [0.15, 0.2) is 0 Å². The second kappa shape index (κ2) is 16.6. The Morgan fingerprint density at radius 1 is 1.02 bits per heavy atom. The van der Waals surface area contributed by atoms with Crippen LogP contribution in [-0.4, -0.2) is 57.5 Å². The Kier molecular flexibility index (Phi) is 13.1. The Morgan fingerprint density at radius 3 is 2.22 bits per heavy atom. The van der Waals surface area contributed by atoms with Crippen LogP contribution in [0.3, 0.4) is 0 Å². The molecule has 0 radical (unpaired) electrons. The van der Waals surface area contributed by atoms with Crippen LogP contribution in [0.4, 0.5) is 4.79 Å². The third-order valence-corrected chi connectivity index (χ3v) is 8.03. The molecule has 0 aliphatic rings. The number of carbonyl (C=O) groups is 4. The van der Waals surface area contributed by atoms with E-state index in [0.717, 1.165) is 11.1 Å². The van der Waals surface area contributed by atoms with Gasteiger partial charge in [0, 0.05) is 35.9 Å². The summed E-state index contributed by atoms with van der Waals surface area (Å²) in [6, 6.07) is 15.5. The number of aromatic nitrogens is 2. The molecule has 0 bridgehead atoms. The van der Waals surface area contributed by atoms with Gasteiger partial charge in [0.1, 0.15) is 23.2 Å². The smallest absolute Gasteiger partial charge is 0.545 e. The first-order valence-electron chi connectivity index (χ1n) is 15.8. The minimum Gasteiger partial charge on any atom is -0.545 e. The number of rotatable bonds is 12. The Labute approximate surface area is 303 Å². The maximum absolute atomic E-state index is 14.8. The number of aryl methyl sites for hydroxylation is 2. The van der Waals surface area contributed by atoms with Crippen molar-refractivity contribution >= 4 is 23.9 Å². The summed E-state index contributed by atoms with van der Waals surface area (Å²) >= 11 is 0. The molecule has 1 heterocycles. The predicted molar refractivity (Wildman–Crippen MR) is 182 cm³/mol. The van der Waals surface area contributed by atoms with Gasteiger partial charge in [0.25, 0.3) is 0 Å². The monoisotopic (exact) mass is 675 g/mol. The largest absolute Gasteiger partial charge is 1.00 e. The van der Waals surface area contributed by atoms with Gasteiger partial charge in [-0.3, -0.25) is 9.59 Å². The maximum Gasteiger partial charge on any atom is 1.00 e. The topological polar surface area (TPSA) is 180 Å². The average Bonchev–Trinajstić information content (AvgIpc) is 3.54. The second-order valence-electron chi connectivity index (χ2n) is 12.9. The van der Waals surface area contributed by atoms with E-state index in [2.05, 4.69) is 10.3 Å². The van der Waals surface area contributed by atoms with Crippen molar-refractivity contribution in [3.8, 4) is 17.0 Å². The molecule has 258 valence electrons. The molecule has 4 aromatic rings. The third kappa shape index (κ3) is 9.77. The van der Waals surface area contributed by atoms with E-state index in [-0.39, 0.29) is 43.1 Å². The van der Waals surface area contributed by atoms with Gasteiger partial charge in [-0.05, 0) is 88.1 Å². The number of aromatic amines is 1. The van der Waals surface area contributed by atoms with Gasteiger partial charge in [-0.25, -0.2) is 9.78 Å². The van der Waals surface area contributed by atoms with Crippen LogP contribution in [-0.2, 0) is 22.5 Å². The van der Waals surface area contributed by atoms with Crippen LogP contribution < -0.4 is 39.8 Å². The summed E-state index contributed by atoms with van der Waals surface area (Å²) in [7, 11) is 1.35. The van der Waals surface area contributed by atoms with Crippen LogP contribution in [0.2, 0.25) is 0 Å². The zero-order valence-electron chi connectivity index (χ0n) is 29.7. The maximum atomic E-state index is 14.8. The number of nitrogens with two attached hydrogens (primary N) is 1. The van der Waals surface area contributed by atoms with Gasteiger partial charge >= 0.3 is 25.0 Å². The third-order valence-electron chi connectivity index (χ3n) is 8.03. The number of H-pyrrole nitrogens is 1. The number of aromatic carboxylic acids is 1. The number of methoxy groups -OCH3 is 1. The molecule has 2 atom stereocenters. The fraction of sp³-hybridized carbons (Fsp3) is 0.324. The molecule has 2 unspecified atom stereocenters. The molecule has 13 heteroatoms.